The fraction of sp³-hybridized carbons (Fsp3) is 0.750. The van der Waals surface area contributed by atoms with Gasteiger partial charge in [-0.3, -0.25) is 24.4 Å². The highest BCUT2D eigenvalue weighted by Gasteiger charge is 2.43. The van der Waals surface area contributed by atoms with Crippen LogP contribution in [0.15, 0.2) is 0 Å². The number of thioether (sulfide) groups is 1. The molecule has 11 nitrogen and oxygen atoms in total. The van der Waals surface area contributed by atoms with Crippen LogP contribution >= 0.6 is 11.8 Å². The van der Waals surface area contributed by atoms with Crippen molar-refractivity contribution in [3.05, 3.63) is 0 Å². The lowest BCUT2D eigenvalue weighted by Crippen LogP contribution is -2.36. The Labute approximate surface area is 190 Å². The van der Waals surface area contributed by atoms with Crippen LogP contribution in [-0.2, 0) is 19.2 Å². The number of carboxylic acid groups (broad SMARTS) is 1. The minimum atomic E-state index is -0.977. The smallest absolute Gasteiger partial charge is 0.315 e. The molecule has 4 amide bonds. The van der Waals surface area contributed by atoms with Crippen LogP contribution in [0, 0.1) is 5.92 Å². The second-order valence-corrected chi connectivity index (χ2v) is 9.40. The number of fused-ring (bicyclic) bond motifs is 1. The molecule has 0 bridgehead atoms. The molecule has 0 aromatic rings. The molecule has 32 heavy (non-hydrogen) atoms. The number of unbranched alkanes of at least 4 members (excludes halogenated alkanes) is 3. The van der Waals surface area contributed by atoms with E-state index in [0.717, 1.165) is 37.9 Å². The Hall–Kier alpha value is -2.18. The Kier molecular flexibility index (Phi) is 10.4. The Balaban J connectivity index is 0.000000227. The number of hydrogen-bond acceptors (Lipinski definition) is 8. The van der Waals surface area contributed by atoms with E-state index < -0.39 is 23.7 Å². The maximum absolute atomic E-state index is 11.6. The number of Topliss-reactive ketones (excluding diaryl/α,β-unsaturated/α-hetero) is 1. The average Bonchev–Trinajstić information content (AvgIpc) is 3.38. The maximum atomic E-state index is 11.6. The van der Waals surface area contributed by atoms with Crippen molar-refractivity contribution in [1.82, 2.24) is 15.7 Å². The molecule has 4 atom stereocenters. The lowest BCUT2D eigenvalue weighted by atomic mass is 9.98. The van der Waals surface area contributed by atoms with Gasteiger partial charge in [0.2, 0.25) is 0 Å². The minimum Gasteiger partial charge on any atom is -0.481 e. The largest absolute Gasteiger partial charge is 0.481 e. The summed E-state index contributed by atoms with van der Waals surface area (Å²) in [6.07, 6.45) is 5.28. The van der Waals surface area contributed by atoms with E-state index in [9.17, 15) is 24.0 Å². The van der Waals surface area contributed by atoms with Gasteiger partial charge in [0.05, 0.1) is 12.1 Å². The molecule has 3 fully saturated rings. The Morgan fingerprint density at radius 1 is 1.06 bits per heavy atom. The molecule has 3 aliphatic rings. The summed E-state index contributed by atoms with van der Waals surface area (Å²) < 4.78 is 0. The third-order valence-corrected chi connectivity index (χ3v) is 7.21. The Morgan fingerprint density at radius 2 is 1.78 bits per heavy atom. The molecular weight excluding hydrogens is 440 g/mol. The first-order valence-corrected chi connectivity index (χ1v) is 12.0. The van der Waals surface area contributed by atoms with Gasteiger partial charge in [0.25, 0.3) is 11.8 Å². The van der Waals surface area contributed by atoms with Crippen LogP contribution in [0.4, 0.5) is 4.79 Å². The van der Waals surface area contributed by atoms with Crippen molar-refractivity contribution in [3.63, 3.8) is 0 Å². The summed E-state index contributed by atoms with van der Waals surface area (Å²) in [5.41, 5.74) is 5.30. The van der Waals surface area contributed by atoms with Crippen LogP contribution in [0.25, 0.3) is 0 Å². The molecule has 3 saturated heterocycles. The summed E-state index contributed by atoms with van der Waals surface area (Å²) in [5, 5.41) is 23.8. The van der Waals surface area contributed by atoms with Crippen LogP contribution in [0.5, 0.6) is 0 Å². The molecule has 0 aromatic heterocycles. The number of aliphatic carboxylic acids is 1. The molecule has 180 valence electrons. The molecule has 3 rings (SSSR count). The van der Waals surface area contributed by atoms with Crippen LogP contribution in [0.2, 0.25) is 0 Å². The van der Waals surface area contributed by atoms with Crippen LogP contribution < -0.4 is 16.4 Å². The number of carboxylic acids is 1. The summed E-state index contributed by atoms with van der Waals surface area (Å²) >= 11 is 1.87. The SMILES string of the molecule is NCCCCCC(=O)C1CC(=O)N(O)C1=O.O=C(O)CCCC[C@@H]1SC[C@@H]2NC(=O)N[C@@H]21. The maximum Gasteiger partial charge on any atom is 0.315 e. The fourth-order valence-corrected chi connectivity index (χ4v) is 5.47. The van der Waals surface area contributed by atoms with Crippen molar-refractivity contribution in [1.29, 1.82) is 0 Å². The molecule has 0 radical (unpaired) electrons. The summed E-state index contributed by atoms with van der Waals surface area (Å²) in [5.74, 6) is -2.51. The molecule has 3 heterocycles. The molecule has 0 spiro atoms. The van der Waals surface area contributed by atoms with Gasteiger partial charge in [0, 0.05) is 30.3 Å². The van der Waals surface area contributed by atoms with E-state index in [0.29, 0.717) is 18.2 Å². The monoisotopic (exact) mass is 472 g/mol. The molecule has 0 saturated carbocycles. The van der Waals surface area contributed by atoms with E-state index in [4.69, 9.17) is 16.0 Å². The third-order valence-electron chi connectivity index (χ3n) is 5.71. The molecule has 1 unspecified atom stereocenters. The second kappa shape index (κ2) is 12.8. The lowest BCUT2D eigenvalue weighted by Gasteiger charge is -2.16. The van der Waals surface area contributed by atoms with E-state index in [1.165, 1.54) is 0 Å². The summed E-state index contributed by atoms with van der Waals surface area (Å²) in [4.78, 5) is 55.3. The predicted octanol–water partition coefficient (Wildman–Crippen LogP) is 0.636. The normalized spacial score (nSPS) is 26.3. The molecule has 12 heteroatoms. The zero-order valence-corrected chi connectivity index (χ0v) is 18.8. The molecule has 0 aromatic carbocycles. The minimum absolute atomic E-state index is 0.0441. The molecule has 6 N–H and O–H groups in total. The van der Waals surface area contributed by atoms with Gasteiger partial charge < -0.3 is 21.5 Å². The number of nitrogens with two attached hydrogens (primary N) is 1. The quantitative estimate of drug-likeness (QED) is 0.0948. The van der Waals surface area contributed by atoms with Crippen molar-refractivity contribution >= 4 is 41.4 Å². The zero-order chi connectivity index (χ0) is 23.7. The molecular formula is C20H32N4O7S. The Morgan fingerprint density at radius 3 is 2.41 bits per heavy atom. The van der Waals surface area contributed by atoms with Crippen LogP contribution in [-0.4, -0.2) is 74.6 Å². The van der Waals surface area contributed by atoms with Crippen LogP contribution in [0.3, 0.4) is 0 Å². The zero-order valence-electron chi connectivity index (χ0n) is 18.0. The van der Waals surface area contributed by atoms with Crippen molar-refractivity contribution in [2.24, 2.45) is 11.7 Å². The summed E-state index contributed by atoms with van der Waals surface area (Å²) in [6, 6.07) is 0.440. The highest BCUT2D eigenvalue weighted by atomic mass is 32.2. The summed E-state index contributed by atoms with van der Waals surface area (Å²) in [7, 11) is 0. The van der Waals surface area contributed by atoms with E-state index in [-0.39, 0.29) is 48.2 Å². The average molecular weight is 473 g/mol. The molecule has 0 aliphatic carbocycles. The first-order chi connectivity index (χ1) is 15.2. The summed E-state index contributed by atoms with van der Waals surface area (Å²) in [6.45, 7) is 0.583. The van der Waals surface area contributed by atoms with E-state index in [1.54, 1.807) is 0 Å². The Bertz CT molecular complexity index is 720. The van der Waals surface area contributed by atoms with Gasteiger partial charge in [-0.05, 0) is 32.2 Å². The highest BCUT2D eigenvalue weighted by Crippen LogP contribution is 2.33. The van der Waals surface area contributed by atoms with Crippen molar-refractivity contribution in [2.75, 3.05) is 12.3 Å². The number of nitrogens with one attached hydrogen (secondary N) is 2. The van der Waals surface area contributed by atoms with Crippen molar-refractivity contribution in [2.45, 2.75) is 75.1 Å². The third kappa shape index (κ3) is 7.45. The number of nitrogens with zero attached hydrogens (tertiary/aromatic N) is 1. The number of imide groups is 1. The van der Waals surface area contributed by atoms with E-state index in [2.05, 4.69) is 10.6 Å². The number of carbonyl (C=O) groups is 5. The number of hydrogen-bond donors (Lipinski definition) is 5. The first kappa shape index (κ1) is 26.1. The lowest BCUT2D eigenvalue weighted by molar-refractivity contribution is -0.172. The number of urea groups is 1. The van der Waals surface area contributed by atoms with Gasteiger partial charge in [-0.15, -0.1) is 0 Å². The van der Waals surface area contributed by atoms with Gasteiger partial charge in [-0.1, -0.05) is 12.8 Å². The van der Waals surface area contributed by atoms with Crippen molar-refractivity contribution in [3.8, 4) is 0 Å². The van der Waals surface area contributed by atoms with Gasteiger partial charge in [0.15, 0.2) is 0 Å². The van der Waals surface area contributed by atoms with E-state index in [1.807, 2.05) is 11.8 Å². The predicted molar refractivity (Wildman–Crippen MR) is 116 cm³/mol. The van der Waals surface area contributed by atoms with Crippen molar-refractivity contribution < 1.29 is 34.3 Å². The topological polar surface area (TPSA) is 179 Å². The van der Waals surface area contributed by atoms with Gasteiger partial charge >= 0.3 is 12.0 Å². The number of hydroxylamine groups is 2. The fourth-order valence-electron chi connectivity index (χ4n) is 3.93. The molecule has 3 aliphatic heterocycles. The number of rotatable bonds is 11. The second-order valence-electron chi connectivity index (χ2n) is 8.13. The van der Waals surface area contributed by atoms with E-state index >= 15 is 0 Å². The number of ketones is 1. The number of carbonyl (C=O) groups excluding carboxylic acids is 4. The van der Waals surface area contributed by atoms with Gasteiger partial charge in [-0.2, -0.15) is 16.8 Å². The number of amides is 4. The van der Waals surface area contributed by atoms with Gasteiger partial charge in [0.1, 0.15) is 11.7 Å². The highest BCUT2D eigenvalue weighted by molar-refractivity contribution is 8.00. The van der Waals surface area contributed by atoms with Gasteiger partial charge in [-0.25, -0.2) is 4.79 Å². The first-order valence-electron chi connectivity index (χ1n) is 10.9. The standard InChI is InChI=1S/C10H16N2O4.C10H16N2O3S/c11-5-3-1-2-4-8(13)7-6-9(14)12(16)10(7)15;13-8(14)4-2-1-3-7-9-6(5-16-7)11-10(15)12-9/h7,16H,1-6,11H2;6-7,9H,1-5H2,(H,13,14)(H2,11,12,15)/t;6-,7-,9-/m.0/s1. The van der Waals surface area contributed by atoms with Crippen LogP contribution in [0.1, 0.15) is 57.8 Å².